The number of benzene rings is 1. The molecular weight excluding hydrogens is 265 g/mol. The second-order valence-electron chi connectivity index (χ2n) is 3.88. The Hall–Kier alpha value is -1.60. The molecule has 2 unspecified atom stereocenters. The largest absolute Gasteiger partial charge is 0.469 e. The summed E-state index contributed by atoms with van der Waals surface area (Å²) in [6.07, 6.45) is -8.74. The van der Waals surface area contributed by atoms with Crippen LogP contribution < -0.4 is 0 Å². The highest BCUT2D eigenvalue weighted by Gasteiger charge is 2.36. The first-order chi connectivity index (χ1) is 8.77. The van der Waals surface area contributed by atoms with Crippen molar-refractivity contribution in [2.45, 2.75) is 24.8 Å². The molecule has 0 aliphatic heterocycles. The second-order valence-corrected chi connectivity index (χ2v) is 3.88. The van der Waals surface area contributed by atoms with E-state index in [-0.39, 0.29) is 0 Å². The van der Waals surface area contributed by atoms with Gasteiger partial charge in [0.25, 0.3) is 0 Å². The molecule has 7 heteroatoms. The lowest BCUT2D eigenvalue weighted by Gasteiger charge is -2.21. The van der Waals surface area contributed by atoms with E-state index in [4.69, 9.17) is 0 Å². The van der Waals surface area contributed by atoms with Crippen molar-refractivity contribution in [1.82, 2.24) is 0 Å². The van der Waals surface area contributed by atoms with Gasteiger partial charge in [0.2, 0.25) is 0 Å². The van der Waals surface area contributed by atoms with Gasteiger partial charge in [0.15, 0.2) is 0 Å². The predicted octanol–water partition coefficient (Wildman–Crippen LogP) is 1.66. The maximum Gasteiger partial charge on any atom is 0.416 e. The molecule has 0 heterocycles. The third kappa shape index (κ3) is 3.93. The number of rotatable bonds is 4. The zero-order chi connectivity index (χ0) is 14.6. The number of hydrogen-bond acceptors (Lipinski definition) is 4. The van der Waals surface area contributed by atoms with Gasteiger partial charge in [-0.2, -0.15) is 13.2 Å². The van der Waals surface area contributed by atoms with Crippen molar-refractivity contribution in [2.75, 3.05) is 7.11 Å². The average molecular weight is 278 g/mol. The summed E-state index contributed by atoms with van der Waals surface area (Å²) in [7, 11) is 1.07. The first kappa shape index (κ1) is 15.5. The molecule has 0 aliphatic carbocycles. The Morgan fingerprint density at radius 1 is 1.32 bits per heavy atom. The van der Waals surface area contributed by atoms with Crippen LogP contribution in [0.15, 0.2) is 24.3 Å². The highest BCUT2D eigenvalue weighted by molar-refractivity contribution is 5.69. The Bertz CT molecular complexity index is 445. The van der Waals surface area contributed by atoms with Crippen molar-refractivity contribution < 1.29 is 32.9 Å². The van der Waals surface area contributed by atoms with E-state index in [2.05, 4.69) is 4.74 Å². The molecule has 0 fully saturated rings. The number of halogens is 3. The molecule has 0 aliphatic rings. The second kappa shape index (κ2) is 6.03. The van der Waals surface area contributed by atoms with Crippen molar-refractivity contribution >= 4 is 5.97 Å². The number of methoxy groups -OCH3 is 1. The van der Waals surface area contributed by atoms with Crippen molar-refractivity contribution in [3.05, 3.63) is 35.4 Å². The average Bonchev–Trinajstić information content (AvgIpc) is 2.36. The summed E-state index contributed by atoms with van der Waals surface area (Å²) >= 11 is 0. The molecule has 19 heavy (non-hydrogen) atoms. The van der Waals surface area contributed by atoms with E-state index in [1.165, 1.54) is 12.1 Å². The van der Waals surface area contributed by atoms with Crippen LogP contribution in [0.3, 0.4) is 0 Å². The Morgan fingerprint density at radius 2 is 1.89 bits per heavy atom. The van der Waals surface area contributed by atoms with Gasteiger partial charge in [-0.1, -0.05) is 18.2 Å². The number of aliphatic hydroxyl groups excluding tert-OH is 2. The van der Waals surface area contributed by atoms with Gasteiger partial charge >= 0.3 is 12.1 Å². The van der Waals surface area contributed by atoms with Crippen LogP contribution in [0.25, 0.3) is 0 Å². The molecule has 1 aromatic rings. The van der Waals surface area contributed by atoms with Gasteiger partial charge in [0, 0.05) is 0 Å². The lowest BCUT2D eigenvalue weighted by Crippen LogP contribution is -2.24. The van der Waals surface area contributed by atoms with E-state index < -0.39 is 41.9 Å². The number of ether oxygens (including phenoxy) is 1. The highest BCUT2D eigenvalue weighted by Crippen LogP contribution is 2.35. The first-order valence-electron chi connectivity index (χ1n) is 5.36. The van der Waals surface area contributed by atoms with Crippen LogP contribution in [0.5, 0.6) is 0 Å². The van der Waals surface area contributed by atoms with Crippen molar-refractivity contribution in [1.29, 1.82) is 0 Å². The quantitative estimate of drug-likeness (QED) is 0.822. The molecule has 0 saturated carbocycles. The Morgan fingerprint density at radius 3 is 2.42 bits per heavy atom. The fourth-order valence-electron chi connectivity index (χ4n) is 1.59. The number of alkyl halides is 3. The van der Waals surface area contributed by atoms with E-state index in [1.54, 1.807) is 0 Å². The number of carbonyl (C=O) groups is 1. The van der Waals surface area contributed by atoms with Gasteiger partial charge in [-0.05, 0) is 11.6 Å². The summed E-state index contributed by atoms with van der Waals surface area (Å²) in [6, 6.07) is 4.32. The molecule has 0 radical (unpaired) electrons. The smallest absolute Gasteiger partial charge is 0.416 e. The minimum absolute atomic E-state index is 0.480. The maximum absolute atomic E-state index is 12.7. The molecule has 0 spiro atoms. The number of hydrogen-bond donors (Lipinski definition) is 2. The van der Waals surface area contributed by atoms with Gasteiger partial charge in [-0.3, -0.25) is 4.79 Å². The monoisotopic (exact) mass is 278 g/mol. The normalized spacial score (nSPS) is 14.8. The SMILES string of the molecule is COC(=O)CC(O)C(O)c1ccccc1C(F)(F)F. The topological polar surface area (TPSA) is 66.8 Å². The van der Waals surface area contributed by atoms with Gasteiger partial charge in [-0.15, -0.1) is 0 Å². The van der Waals surface area contributed by atoms with Gasteiger partial charge < -0.3 is 14.9 Å². The summed E-state index contributed by atoms with van der Waals surface area (Å²) in [6.45, 7) is 0. The molecular formula is C12H13F3O4. The van der Waals surface area contributed by atoms with E-state index in [0.29, 0.717) is 0 Å². The number of carbonyl (C=O) groups excluding carboxylic acids is 1. The molecule has 106 valence electrons. The van der Waals surface area contributed by atoms with E-state index in [1.807, 2.05) is 0 Å². The van der Waals surface area contributed by atoms with Crippen LogP contribution in [0, 0.1) is 0 Å². The summed E-state index contributed by atoms with van der Waals surface area (Å²) < 4.78 is 42.4. The fourth-order valence-corrected chi connectivity index (χ4v) is 1.59. The fraction of sp³-hybridized carbons (Fsp3) is 0.417. The summed E-state index contributed by atoms with van der Waals surface area (Å²) in [5, 5.41) is 19.3. The van der Waals surface area contributed by atoms with E-state index in [9.17, 15) is 28.2 Å². The Labute approximate surface area is 107 Å². The van der Waals surface area contributed by atoms with Crippen LogP contribution in [0.2, 0.25) is 0 Å². The molecule has 0 amide bonds. The number of esters is 1. The van der Waals surface area contributed by atoms with Crippen LogP contribution in [-0.2, 0) is 15.7 Å². The first-order valence-corrected chi connectivity index (χ1v) is 5.36. The molecule has 0 saturated heterocycles. The molecule has 2 atom stereocenters. The van der Waals surface area contributed by atoms with Crippen LogP contribution in [0.4, 0.5) is 13.2 Å². The molecule has 1 rings (SSSR count). The third-order valence-electron chi connectivity index (χ3n) is 2.55. The van der Waals surface area contributed by atoms with Crippen molar-refractivity contribution in [2.24, 2.45) is 0 Å². The van der Waals surface area contributed by atoms with Crippen LogP contribution in [-0.4, -0.2) is 29.4 Å². The van der Waals surface area contributed by atoms with Crippen LogP contribution in [0.1, 0.15) is 23.7 Å². The third-order valence-corrected chi connectivity index (χ3v) is 2.55. The zero-order valence-corrected chi connectivity index (χ0v) is 10.0. The number of aliphatic hydroxyl groups is 2. The minimum Gasteiger partial charge on any atom is -0.469 e. The minimum atomic E-state index is -4.65. The predicted molar refractivity (Wildman–Crippen MR) is 59.0 cm³/mol. The summed E-state index contributed by atoms with van der Waals surface area (Å²) in [5.74, 6) is -0.823. The lowest BCUT2D eigenvalue weighted by atomic mass is 9.97. The highest BCUT2D eigenvalue weighted by atomic mass is 19.4. The van der Waals surface area contributed by atoms with E-state index >= 15 is 0 Å². The van der Waals surface area contributed by atoms with Gasteiger partial charge in [0.1, 0.15) is 6.10 Å². The maximum atomic E-state index is 12.7. The molecule has 0 aromatic heterocycles. The Balaban J connectivity index is 2.99. The molecule has 4 nitrogen and oxygen atoms in total. The van der Waals surface area contributed by atoms with Gasteiger partial charge in [-0.25, -0.2) is 0 Å². The molecule has 0 bridgehead atoms. The van der Waals surface area contributed by atoms with Crippen LogP contribution >= 0.6 is 0 Å². The van der Waals surface area contributed by atoms with Crippen molar-refractivity contribution in [3.63, 3.8) is 0 Å². The van der Waals surface area contributed by atoms with Crippen molar-refractivity contribution in [3.8, 4) is 0 Å². The summed E-state index contributed by atoms with van der Waals surface area (Å²) in [4.78, 5) is 10.9. The molecule has 2 N–H and O–H groups in total. The lowest BCUT2D eigenvalue weighted by molar-refractivity contribution is -0.145. The Kier molecular flexibility index (Phi) is 4.90. The van der Waals surface area contributed by atoms with E-state index in [0.717, 1.165) is 19.2 Å². The standard InChI is InChI=1S/C12H13F3O4/c1-19-10(17)6-9(16)11(18)7-4-2-3-5-8(7)12(13,14)15/h2-5,9,11,16,18H,6H2,1H3. The molecule has 1 aromatic carbocycles. The summed E-state index contributed by atoms with van der Waals surface area (Å²) in [5.41, 5.74) is -1.53. The zero-order valence-electron chi connectivity index (χ0n) is 10.0. The van der Waals surface area contributed by atoms with Gasteiger partial charge in [0.05, 0.1) is 25.2 Å².